The van der Waals surface area contributed by atoms with Crippen molar-refractivity contribution in [3.63, 3.8) is 0 Å². The van der Waals surface area contributed by atoms with E-state index in [0.717, 1.165) is 12.8 Å². The molecule has 0 N–H and O–H groups in total. The molecule has 0 saturated carbocycles. The van der Waals surface area contributed by atoms with Gasteiger partial charge < -0.3 is 4.74 Å². The summed E-state index contributed by atoms with van der Waals surface area (Å²) in [6.45, 7) is 5.21. The third-order valence-corrected chi connectivity index (χ3v) is 10.2. The van der Waals surface area contributed by atoms with Crippen molar-refractivity contribution in [1.82, 2.24) is 0 Å². The second-order valence-electron chi connectivity index (χ2n) is 15.0. The summed E-state index contributed by atoms with van der Waals surface area (Å²) in [6, 6.07) is 0. The lowest BCUT2D eigenvalue weighted by atomic mass is 10.0. The Morgan fingerprint density at radius 3 is 0.915 bits per heavy atom. The standard InChI is InChI=1S/C45H88O2/c1-3-5-7-9-11-13-15-17-19-21-22-23-24-25-26-27-28-29-31-33-35-37-39-41-43-45(46)47-44-42-40-38-36-34-32-30-20-18-16-14-12-10-8-6-4-2/h18,20H,3-17,19,21-44H2,1-2H3/b20-18-. The van der Waals surface area contributed by atoms with Crippen molar-refractivity contribution in [3.05, 3.63) is 12.2 Å². The minimum absolute atomic E-state index is 0.0246. The summed E-state index contributed by atoms with van der Waals surface area (Å²) in [6.07, 6.45) is 57.5. The number of unbranched alkanes of at least 4 members (excludes halogenated alkanes) is 35. The van der Waals surface area contributed by atoms with Gasteiger partial charge in [0.1, 0.15) is 0 Å². The molecule has 0 aromatic heterocycles. The zero-order valence-corrected chi connectivity index (χ0v) is 32.8. The lowest BCUT2D eigenvalue weighted by Gasteiger charge is -2.06. The number of carbonyl (C=O) groups is 1. The van der Waals surface area contributed by atoms with Crippen LogP contribution in [0.25, 0.3) is 0 Å². The first-order valence-corrected chi connectivity index (χ1v) is 22.1. The minimum Gasteiger partial charge on any atom is -0.466 e. The maximum Gasteiger partial charge on any atom is 0.305 e. The third-order valence-electron chi connectivity index (χ3n) is 10.2. The molecule has 0 saturated heterocycles. The van der Waals surface area contributed by atoms with Crippen LogP contribution < -0.4 is 0 Å². The summed E-state index contributed by atoms with van der Waals surface area (Å²) in [5, 5.41) is 0. The summed E-state index contributed by atoms with van der Waals surface area (Å²) >= 11 is 0. The first kappa shape index (κ1) is 46.2. The molecule has 0 aliphatic heterocycles. The molecular weight excluding hydrogens is 572 g/mol. The Morgan fingerprint density at radius 2 is 0.596 bits per heavy atom. The van der Waals surface area contributed by atoms with E-state index in [-0.39, 0.29) is 5.97 Å². The molecule has 0 atom stereocenters. The smallest absolute Gasteiger partial charge is 0.305 e. The van der Waals surface area contributed by atoms with E-state index in [2.05, 4.69) is 26.0 Å². The zero-order chi connectivity index (χ0) is 34.0. The Balaban J connectivity index is 3.16. The summed E-state index contributed by atoms with van der Waals surface area (Å²) in [5.74, 6) is 0.0246. The van der Waals surface area contributed by atoms with Gasteiger partial charge in [0.15, 0.2) is 0 Å². The Labute approximate surface area is 297 Å². The summed E-state index contributed by atoms with van der Waals surface area (Å²) in [4.78, 5) is 12.0. The van der Waals surface area contributed by atoms with Gasteiger partial charge in [-0.3, -0.25) is 4.79 Å². The highest BCUT2D eigenvalue weighted by Crippen LogP contribution is 2.16. The number of hydrogen-bond acceptors (Lipinski definition) is 2. The van der Waals surface area contributed by atoms with Crippen LogP contribution in [0.5, 0.6) is 0 Å². The SMILES string of the molecule is CCCCCCCC/C=C\CCCCCCCCOC(=O)CCCCCCCCCCCCCCCCCCCCCCCCCC. The van der Waals surface area contributed by atoms with Crippen LogP contribution in [0, 0.1) is 0 Å². The Bertz CT molecular complexity index is 597. The number of carbonyl (C=O) groups excluding carboxylic acids is 1. The molecular formula is C45H88O2. The molecule has 0 aliphatic carbocycles. The summed E-state index contributed by atoms with van der Waals surface area (Å²) in [5.41, 5.74) is 0. The van der Waals surface area contributed by atoms with Crippen molar-refractivity contribution in [2.24, 2.45) is 0 Å². The first-order chi connectivity index (χ1) is 23.3. The molecule has 0 bridgehead atoms. The molecule has 0 heterocycles. The number of allylic oxidation sites excluding steroid dienone is 2. The van der Waals surface area contributed by atoms with Crippen LogP contribution in [0.1, 0.15) is 264 Å². The van der Waals surface area contributed by atoms with Gasteiger partial charge in [-0.05, 0) is 38.5 Å². The molecule has 0 aliphatic rings. The Kier molecular flexibility index (Phi) is 42.5. The molecule has 2 heteroatoms. The molecule has 0 aromatic rings. The number of ether oxygens (including phenoxy) is 1. The average molecular weight is 661 g/mol. The van der Waals surface area contributed by atoms with Crippen molar-refractivity contribution in [2.75, 3.05) is 6.61 Å². The maximum absolute atomic E-state index is 12.0. The van der Waals surface area contributed by atoms with Crippen LogP contribution in [-0.4, -0.2) is 12.6 Å². The predicted molar refractivity (Wildman–Crippen MR) is 212 cm³/mol. The monoisotopic (exact) mass is 661 g/mol. The topological polar surface area (TPSA) is 26.3 Å². The van der Waals surface area contributed by atoms with Gasteiger partial charge >= 0.3 is 5.97 Å². The number of esters is 1. The van der Waals surface area contributed by atoms with Gasteiger partial charge in [-0.1, -0.05) is 231 Å². The minimum atomic E-state index is 0.0246. The van der Waals surface area contributed by atoms with Gasteiger partial charge in [0, 0.05) is 6.42 Å². The lowest BCUT2D eigenvalue weighted by molar-refractivity contribution is -0.143. The van der Waals surface area contributed by atoms with Crippen LogP contribution in [0.2, 0.25) is 0 Å². The molecule has 0 fully saturated rings. The largest absolute Gasteiger partial charge is 0.466 e. The van der Waals surface area contributed by atoms with E-state index in [0.29, 0.717) is 13.0 Å². The van der Waals surface area contributed by atoms with E-state index in [1.165, 1.54) is 231 Å². The highest BCUT2D eigenvalue weighted by Gasteiger charge is 2.03. The van der Waals surface area contributed by atoms with E-state index in [1.807, 2.05) is 0 Å². The van der Waals surface area contributed by atoms with Crippen molar-refractivity contribution in [1.29, 1.82) is 0 Å². The quantitative estimate of drug-likeness (QED) is 0.0370. The molecule has 2 nitrogen and oxygen atoms in total. The van der Waals surface area contributed by atoms with Crippen molar-refractivity contribution in [3.8, 4) is 0 Å². The summed E-state index contributed by atoms with van der Waals surface area (Å²) < 4.78 is 5.47. The fourth-order valence-corrected chi connectivity index (χ4v) is 6.84. The molecule has 0 unspecified atom stereocenters. The third kappa shape index (κ3) is 43.2. The average Bonchev–Trinajstić information content (AvgIpc) is 3.08. The second kappa shape index (κ2) is 43.2. The van der Waals surface area contributed by atoms with Gasteiger partial charge in [0.2, 0.25) is 0 Å². The lowest BCUT2D eigenvalue weighted by Crippen LogP contribution is -2.05. The molecule has 280 valence electrons. The molecule has 0 spiro atoms. The zero-order valence-electron chi connectivity index (χ0n) is 32.8. The van der Waals surface area contributed by atoms with Gasteiger partial charge in [-0.25, -0.2) is 0 Å². The van der Waals surface area contributed by atoms with Gasteiger partial charge in [0.25, 0.3) is 0 Å². The molecule has 47 heavy (non-hydrogen) atoms. The van der Waals surface area contributed by atoms with E-state index in [9.17, 15) is 4.79 Å². The Hall–Kier alpha value is -0.790. The van der Waals surface area contributed by atoms with Crippen molar-refractivity contribution >= 4 is 5.97 Å². The first-order valence-electron chi connectivity index (χ1n) is 22.1. The predicted octanol–water partition coefficient (Wildman–Crippen LogP) is 16.3. The molecule has 0 rings (SSSR count). The molecule has 0 aromatic carbocycles. The summed E-state index contributed by atoms with van der Waals surface area (Å²) in [7, 11) is 0. The second-order valence-corrected chi connectivity index (χ2v) is 15.0. The van der Waals surface area contributed by atoms with E-state index in [1.54, 1.807) is 0 Å². The highest BCUT2D eigenvalue weighted by molar-refractivity contribution is 5.69. The van der Waals surface area contributed by atoms with Crippen LogP contribution in [0.15, 0.2) is 12.2 Å². The van der Waals surface area contributed by atoms with E-state index < -0.39 is 0 Å². The maximum atomic E-state index is 12.0. The van der Waals surface area contributed by atoms with Crippen molar-refractivity contribution < 1.29 is 9.53 Å². The van der Waals surface area contributed by atoms with Gasteiger partial charge in [-0.15, -0.1) is 0 Å². The number of rotatable bonds is 41. The molecule has 0 radical (unpaired) electrons. The van der Waals surface area contributed by atoms with Gasteiger partial charge in [-0.2, -0.15) is 0 Å². The van der Waals surface area contributed by atoms with E-state index in [4.69, 9.17) is 4.74 Å². The fraction of sp³-hybridized carbons (Fsp3) is 0.933. The number of hydrogen-bond donors (Lipinski definition) is 0. The normalized spacial score (nSPS) is 11.6. The van der Waals surface area contributed by atoms with Crippen LogP contribution in [-0.2, 0) is 9.53 Å². The van der Waals surface area contributed by atoms with Gasteiger partial charge in [0.05, 0.1) is 6.61 Å². The van der Waals surface area contributed by atoms with Crippen LogP contribution >= 0.6 is 0 Å². The van der Waals surface area contributed by atoms with Crippen LogP contribution in [0.3, 0.4) is 0 Å². The highest BCUT2D eigenvalue weighted by atomic mass is 16.5. The fourth-order valence-electron chi connectivity index (χ4n) is 6.84. The van der Waals surface area contributed by atoms with E-state index >= 15 is 0 Å². The molecule has 0 amide bonds. The van der Waals surface area contributed by atoms with Crippen LogP contribution in [0.4, 0.5) is 0 Å². The Morgan fingerprint density at radius 1 is 0.340 bits per heavy atom. The van der Waals surface area contributed by atoms with Crippen molar-refractivity contribution in [2.45, 2.75) is 264 Å².